The molecule has 0 heterocycles. The van der Waals surface area contributed by atoms with Crippen LogP contribution in [0.25, 0.3) is 0 Å². The van der Waals surface area contributed by atoms with Crippen LogP contribution in [-0.2, 0) is 9.47 Å². The lowest BCUT2D eigenvalue weighted by molar-refractivity contribution is -0.384. The zero-order valence-corrected chi connectivity index (χ0v) is 10.7. The highest BCUT2D eigenvalue weighted by Gasteiger charge is 2.28. The summed E-state index contributed by atoms with van der Waals surface area (Å²) in [4.78, 5) is 21.2. The lowest BCUT2D eigenvalue weighted by atomic mass is 10.1. The molecule has 0 bridgehead atoms. The molecule has 1 rings (SSSR count). The van der Waals surface area contributed by atoms with E-state index < -0.39 is 39.5 Å². The molecule has 7 nitrogen and oxygen atoms in total. The van der Waals surface area contributed by atoms with Gasteiger partial charge in [0.25, 0.3) is 5.69 Å². The maximum absolute atomic E-state index is 13.8. The summed E-state index contributed by atoms with van der Waals surface area (Å²) in [5.74, 6) is -4.23. The van der Waals surface area contributed by atoms with Crippen molar-refractivity contribution in [1.29, 1.82) is 0 Å². The molecule has 1 aromatic rings. The Morgan fingerprint density at radius 2 is 2.05 bits per heavy atom. The van der Waals surface area contributed by atoms with Gasteiger partial charge in [-0.3, -0.25) is 10.1 Å². The summed E-state index contributed by atoms with van der Waals surface area (Å²) < 4.78 is 36.4. The van der Waals surface area contributed by atoms with E-state index >= 15 is 0 Å². The van der Waals surface area contributed by atoms with Crippen LogP contribution in [0, 0.1) is 21.7 Å². The lowest BCUT2D eigenvalue weighted by Gasteiger charge is -2.10. The van der Waals surface area contributed by atoms with Gasteiger partial charge in [-0.15, -0.1) is 0 Å². The van der Waals surface area contributed by atoms with Gasteiger partial charge in [-0.2, -0.15) is 0 Å². The van der Waals surface area contributed by atoms with Crippen LogP contribution in [0.15, 0.2) is 6.07 Å². The SMILES string of the molecule is COCCNc1c([N+](=O)[O-])cc(C(=O)OC)c(F)c1F. The molecule has 0 aliphatic heterocycles. The molecule has 0 aliphatic carbocycles. The standard InChI is InChI=1S/C11H12F2N2O5/c1-19-4-3-14-10-7(15(17)18)5-6(11(16)20-2)8(12)9(10)13/h5,14H,3-4H2,1-2H3. The first-order valence-corrected chi connectivity index (χ1v) is 5.41. The fourth-order valence-electron chi connectivity index (χ4n) is 1.46. The fraction of sp³-hybridized carbons (Fsp3) is 0.364. The first kappa shape index (κ1) is 15.8. The van der Waals surface area contributed by atoms with E-state index in [1.165, 1.54) is 7.11 Å². The summed E-state index contributed by atoms with van der Waals surface area (Å²) >= 11 is 0. The number of methoxy groups -OCH3 is 2. The Labute approximate surface area is 112 Å². The molecule has 0 aliphatic rings. The molecule has 0 fully saturated rings. The third-order valence-electron chi connectivity index (χ3n) is 2.40. The van der Waals surface area contributed by atoms with Gasteiger partial charge in [0, 0.05) is 19.7 Å². The first-order valence-electron chi connectivity index (χ1n) is 5.41. The first-order chi connectivity index (χ1) is 9.43. The number of nitro groups is 1. The van der Waals surface area contributed by atoms with E-state index in [-0.39, 0.29) is 13.2 Å². The number of hydrogen-bond acceptors (Lipinski definition) is 6. The highest BCUT2D eigenvalue weighted by molar-refractivity contribution is 5.91. The number of esters is 1. The number of nitrogens with one attached hydrogen (secondary N) is 1. The van der Waals surface area contributed by atoms with Crippen molar-refractivity contribution in [2.75, 3.05) is 32.7 Å². The van der Waals surface area contributed by atoms with Gasteiger partial charge in [-0.25, -0.2) is 13.6 Å². The van der Waals surface area contributed by atoms with Crippen LogP contribution in [0.1, 0.15) is 10.4 Å². The highest BCUT2D eigenvalue weighted by Crippen LogP contribution is 2.31. The molecule has 0 spiro atoms. The number of halogens is 2. The van der Waals surface area contributed by atoms with Gasteiger partial charge in [0.05, 0.1) is 18.6 Å². The average molecular weight is 290 g/mol. The van der Waals surface area contributed by atoms with Gasteiger partial charge in [0.2, 0.25) is 0 Å². The van der Waals surface area contributed by atoms with Crippen LogP contribution in [0.3, 0.4) is 0 Å². The van der Waals surface area contributed by atoms with Crippen LogP contribution in [0.2, 0.25) is 0 Å². The number of rotatable bonds is 6. The summed E-state index contributed by atoms with van der Waals surface area (Å²) in [7, 11) is 2.34. The summed E-state index contributed by atoms with van der Waals surface area (Å²) in [6.45, 7) is 0.169. The van der Waals surface area contributed by atoms with Crippen molar-refractivity contribution in [2.24, 2.45) is 0 Å². The largest absolute Gasteiger partial charge is 0.465 e. The second-order valence-electron chi connectivity index (χ2n) is 3.61. The number of benzene rings is 1. The minimum absolute atomic E-state index is 0.0330. The van der Waals surface area contributed by atoms with E-state index in [1.807, 2.05) is 0 Å². The smallest absolute Gasteiger partial charge is 0.341 e. The van der Waals surface area contributed by atoms with Gasteiger partial charge < -0.3 is 14.8 Å². The van der Waals surface area contributed by atoms with Gasteiger partial charge in [-0.05, 0) is 0 Å². The Kier molecular flexibility index (Phi) is 5.32. The number of anilines is 1. The molecule has 0 radical (unpaired) electrons. The second-order valence-corrected chi connectivity index (χ2v) is 3.61. The van der Waals surface area contributed by atoms with Gasteiger partial charge in [0.15, 0.2) is 17.3 Å². The average Bonchev–Trinajstić information content (AvgIpc) is 2.42. The topological polar surface area (TPSA) is 90.7 Å². The quantitative estimate of drug-likeness (QED) is 0.371. The highest BCUT2D eigenvalue weighted by atomic mass is 19.2. The Morgan fingerprint density at radius 1 is 1.40 bits per heavy atom. The van der Waals surface area contributed by atoms with Crippen LogP contribution >= 0.6 is 0 Å². The maximum Gasteiger partial charge on any atom is 0.341 e. The number of hydrogen-bond donors (Lipinski definition) is 1. The summed E-state index contributed by atoms with van der Waals surface area (Å²) in [6, 6.07) is 0.624. The Bertz CT molecular complexity index is 536. The zero-order valence-electron chi connectivity index (χ0n) is 10.7. The van der Waals surface area contributed by atoms with Crippen molar-refractivity contribution >= 4 is 17.3 Å². The van der Waals surface area contributed by atoms with E-state index in [4.69, 9.17) is 4.74 Å². The number of carbonyl (C=O) groups excluding carboxylic acids is 1. The van der Waals surface area contributed by atoms with Crippen molar-refractivity contribution in [1.82, 2.24) is 0 Å². The predicted octanol–water partition coefficient (Wildman–Crippen LogP) is 1.72. The molecule has 9 heteroatoms. The van der Waals surface area contributed by atoms with Gasteiger partial charge in [-0.1, -0.05) is 0 Å². The minimum atomic E-state index is -1.52. The summed E-state index contributed by atoms with van der Waals surface area (Å²) in [5, 5.41) is 13.2. The van der Waals surface area contributed by atoms with Crippen molar-refractivity contribution < 1.29 is 28.0 Å². The van der Waals surface area contributed by atoms with E-state index in [1.54, 1.807) is 0 Å². The van der Waals surface area contributed by atoms with Crippen LogP contribution in [0.5, 0.6) is 0 Å². The molecule has 0 saturated heterocycles. The summed E-state index contributed by atoms with van der Waals surface area (Å²) in [5.41, 5.74) is -2.24. The normalized spacial score (nSPS) is 10.2. The Balaban J connectivity index is 3.32. The molecule has 0 amide bonds. The maximum atomic E-state index is 13.8. The predicted molar refractivity (Wildman–Crippen MR) is 64.7 cm³/mol. The van der Waals surface area contributed by atoms with E-state index in [9.17, 15) is 23.7 Å². The lowest BCUT2D eigenvalue weighted by Crippen LogP contribution is -2.14. The molecular formula is C11H12F2N2O5. The second kappa shape index (κ2) is 6.75. The fourth-order valence-corrected chi connectivity index (χ4v) is 1.46. The third-order valence-corrected chi connectivity index (χ3v) is 2.40. The van der Waals surface area contributed by atoms with Crippen molar-refractivity contribution in [3.05, 3.63) is 33.4 Å². The monoisotopic (exact) mass is 290 g/mol. The summed E-state index contributed by atoms with van der Waals surface area (Å²) in [6.07, 6.45) is 0. The Hall–Kier alpha value is -2.29. The van der Waals surface area contributed by atoms with Crippen molar-refractivity contribution in [3.8, 4) is 0 Å². The molecular weight excluding hydrogens is 278 g/mol. The number of ether oxygens (including phenoxy) is 2. The molecule has 0 atom stereocenters. The van der Waals surface area contributed by atoms with E-state index in [0.29, 0.717) is 6.07 Å². The van der Waals surface area contributed by atoms with Crippen molar-refractivity contribution in [3.63, 3.8) is 0 Å². The number of nitro benzene ring substituents is 1. The third kappa shape index (κ3) is 3.18. The minimum Gasteiger partial charge on any atom is -0.465 e. The van der Waals surface area contributed by atoms with Gasteiger partial charge >= 0.3 is 5.97 Å². The van der Waals surface area contributed by atoms with Gasteiger partial charge in [0.1, 0.15) is 5.56 Å². The van der Waals surface area contributed by atoms with E-state index in [2.05, 4.69) is 10.1 Å². The van der Waals surface area contributed by atoms with Crippen LogP contribution in [-0.4, -0.2) is 38.3 Å². The molecule has 20 heavy (non-hydrogen) atoms. The number of carbonyl (C=O) groups is 1. The Morgan fingerprint density at radius 3 is 2.55 bits per heavy atom. The van der Waals surface area contributed by atoms with E-state index in [0.717, 1.165) is 7.11 Å². The molecule has 110 valence electrons. The molecule has 0 saturated carbocycles. The number of nitrogens with zero attached hydrogens (tertiary/aromatic N) is 1. The van der Waals surface area contributed by atoms with Crippen molar-refractivity contribution in [2.45, 2.75) is 0 Å². The van der Waals surface area contributed by atoms with Crippen LogP contribution in [0.4, 0.5) is 20.2 Å². The molecule has 1 aromatic carbocycles. The molecule has 0 unspecified atom stereocenters. The zero-order chi connectivity index (χ0) is 15.3. The molecule has 0 aromatic heterocycles. The molecule has 1 N–H and O–H groups in total. The van der Waals surface area contributed by atoms with Crippen LogP contribution < -0.4 is 5.32 Å².